The molecule has 5 rings (SSSR count). The molecule has 0 spiro atoms. The van der Waals surface area contributed by atoms with E-state index in [1.807, 2.05) is 36.4 Å². The largest absolute Gasteiger partial charge is 0.370 e. The number of rotatable bonds is 10. The number of hydrogen-bond acceptors (Lipinski definition) is 4. The smallest absolute Gasteiger partial charge is 0.228 e. The van der Waals surface area contributed by atoms with Crippen LogP contribution in [-0.4, -0.2) is 27.7 Å². The standard InChI is InChI=1S/C30H31N5O3/c31-27(36)13-3-1-2-12-25(35-30(38)23-17-28(37)33-24-11-7-6-10-22(23)24)29-32-18-26(34-29)21-15-14-19-8-4-5-9-20(19)16-21/h4-11,14-16,18,23,25H,1-3,12-13,17H2,(H2,31,36)(H,32,34)(H,33,37)(H,35,38)/t23?,25-/m0/s1. The van der Waals surface area contributed by atoms with Crippen molar-refractivity contribution in [1.29, 1.82) is 0 Å². The highest BCUT2D eigenvalue weighted by Gasteiger charge is 2.32. The second-order valence-corrected chi connectivity index (χ2v) is 9.76. The topological polar surface area (TPSA) is 130 Å². The molecule has 3 amide bonds. The average Bonchev–Trinajstić information content (AvgIpc) is 3.41. The summed E-state index contributed by atoms with van der Waals surface area (Å²) in [7, 11) is 0. The molecule has 1 aromatic heterocycles. The minimum atomic E-state index is -0.577. The number of primary amides is 1. The van der Waals surface area contributed by atoms with E-state index < -0.39 is 5.92 Å². The van der Waals surface area contributed by atoms with Crippen molar-refractivity contribution in [2.75, 3.05) is 5.32 Å². The van der Waals surface area contributed by atoms with Crippen LogP contribution in [0.1, 0.15) is 61.9 Å². The van der Waals surface area contributed by atoms with E-state index in [0.717, 1.165) is 40.4 Å². The van der Waals surface area contributed by atoms with Crippen LogP contribution in [-0.2, 0) is 14.4 Å². The Hall–Kier alpha value is -4.46. The van der Waals surface area contributed by atoms with Crippen LogP contribution < -0.4 is 16.4 Å². The van der Waals surface area contributed by atoms with Gasteiger partial charge in [-0.1, -0.05) is 67.4 Å². The fourth-order valence-corrected chi connectivity index (χ4v) is 5.04. The van der Waals surface area contributed by atoms with E-state index in [2.05, 4.69) is 50.9 Å². The normalized spacial score (nSPS) is 15.5. The maximum Gasteiger partial charge on any atom is 0.228 e. The first-order valence-electron chi connectivity index (χ1n) is 13.0. The van der Waals surface area contributed by atoms with Gasteiger partial charge in [0, 0.05) is 24.1 Å². The van der Waals surface area contributed by atoms with Gasteiger partial charge in [-0.25, -0.2) is 4.98 Å². The van der Waals surface area contributed by atoms with Gasteiger partial charge < -0.3 is 21.4 Å². The highest BCUT2D eigenvalue weighted by Crippen LogP contribution is 2.33. The van der Waals surface area contributed by atoms with Gasteiger partial charge in [-0.15, -0.1) is 0 Å². The first kappa shape index (κ1) is 25.2. The number of unbranched alkanes of at least 4 members (excludes halogenated alkanes) is 2. The van der Waals surface area contributed by atoms with E-state index in [1.165, 1.54) is 0 Å². The number of fused-ring (bicyclic) bond motifs is 2. The zero-order chi connectivity index (χ0) is 26.5. The molecular formula is C30H31N5O3. The number of hydrogen-bond donors (Lipinski definition) is 4. The van der Waals surface area contributed by atoms with E-state index in [-0.39, 0.29) is 30.2 Å². The van der Waals surface area contributed by atoms with Crippen molar-refractivity contribution in [3.8, 4) is 11.3 Å². The van der Waals surface area contributed by atoms with E-state index in [9.17, 15) is 14.4 Å². The lowest BCUT2D eigenvalue weighted by Crippen LogP contribution is -2.37. The van der Waals surface area contributed by atoms with Crippen LogP contribution >= 0.6 is 0 Å². The number of aromatic nitrogens is 2. The average molecular weight is 510 g/mol. The Morgan fingerprint density at radius 2 is 1.79 bits per heavy atom. The highest BCUT2D eigenvalue weighted by molar-refractivity contribution is 6.01. The zero-order valence-electron chi connectivity index (χ0n) is 21.1. The molecule has 8 nitrogen and oxygen atoms in total. The molecule has 0 radical (unpaired) electrons. The molecule has 194 valence electrons. The van der Waals surface area contributed by atoms with Crippen molar-refractivity contribution < 1.29 is 14.4 Å². The first-order chi connectivity index (χ1) is 18.5. The van der Waals surface area contributed by atoms with Crippen molar-refractivity contribution in [3.63, 3.8) is 0 Å². The number of aromatic amines is 1. The Balaban J connectivity index is 1.36. The number of nitrogens with one attached hydrogen (secondary N) is 3. The summed E-state index contributed by atoms with van der Waals surface area (Å²) in [5.41, 5.74) is 8.62. The number of para-hydroxylation sites is 1. The maximum atomic E-state index is 13.5. The Bertz CT molecular complexity index is 1480. The number of nitrogens with zero attached hydrogens (tertiary/aromatic N) is 1. The Kier molecular flexibility index (Phi) is 7.49. The molecule has 0 bridgehead atoms. The summed E-state index contributed by atoms with van der Waals surface area (Å²) in [5.74, 6) is -0.617. The van der Waals surface area contributed by atoms with E-state index >= 15 is 0 Å². The molecule has 38 heavy (non-hydrogen) atoms. The first-order valence-corrected chi connectivity index (χ1v) is 13.0. The third kappa shape index (κ3) is 5.75. The SMILES string of the molecule is NC(=O)CCCCC[C@H](NC(=O)C1CC(=O)Nc2ccccc21)c1ncc(-c2ccc3ccccc3c2)[nH]1. The van der Waals surface area contributed by atoms with Gasteiger partial charge >= 0.3 is 0 Å². The predicted octanol–water partition coefficient (Wildman–Crippen LogP) is 4.95. The second-order valence-electron chi connectivity index (χ2n) is 9.76. The molecule has 3 aromatic carbocycles. The molecule has 0 saturated carbocycles. The van der Waals surface area contributed by atoms with Crippen LogP contribution in [0.2, 0.25) is 0 Å². The minimum Gasteiger partial charge on any atom is -0.370 e. The van der Waals surface area contributed by atoms with Crippen LogP contribution in [0.3, 0.4) is 0 Å². The third-order valence-electron chi connectivity index (χ3n) is 7.03. The van der Waals surface area contributed by atoms with Crippen LogP contribution in [0, 0.1) is 0 Å². The quantitative estimate of drug-likeness (QED) is 0.225. The number of nitrogens with two attached hydrogens (primary N) is 1. The van der Waals surface area contributed by atoms with E-state index in [1.54, 1.807) is 6.20 Å². The maximum absolute atomic E-state index is 13.5. The molecular weight excluding hydrogens is 478 g/mol. The summed E-state index contributed by atoms with van der Waals surface area (Å²) in [4.78, 5) is 44.9. The van der Waals surface area contributed by atoms with Crippen molar-refractivity contribution in [2.24, 2.45) is 5.73 Å². The molecule has 4 aromatic rings. The number of H-pyrrole nitrogens is 1. The molecule has 0 saturated heterocycles. The van der Waals surface area contributed by atoms with Crippen LogP contribution in [0.5, 0.6) is 0 Å². The monoisotopic (exact) mass is 509 g/mol. The predicted molar refractivity (Wildman–Crippen MR) is 147 cm³/mol. The molecule has 8 heteroatoms. The number of amides is 3. The molecule has 1 unspecified atom stereocenters. The summed E-state index contributed by atoms with van der Waals surface area (Å²) in [6, 6.07) is 21.4. The van der Waals surface area contributed by atoms with Gasteiger partial charge in [-0.05, 0) is 41.3 Å². The fraction of sp³-hybridized carbons (Fsp3) is 0.267. The van der Waals surface area contributed by atoms with Gasteiger partial charge in [0.25, 0.3) is 0 Å². The third-order valence-corrected chi connectivity index (χ3v) is 7.03. The summed E-state index contributed by atoms with van der Waals surface area (Å²) in [5, 5.41) is 8.30. The summed E-state index contributed by atoms with van der Waals surface area (Å²) in [6.07, 6.45) is 5.15. The fourth-order valence-electron chi connectivity index (χ4n) is 5.04. The van der Waals surface area contributed by atoms with Crippen LogP contribution in [0.4, 0.5) is 5.69 Å². The Labute approximate surface area is 221 Å². The number of imidazole rings is 1. The van der Waals surface area contributed by atoms with Crippen molar-refractivity contribution >= 4 is 34.2 Å². The van der Waals surface area contributed by atoms with E-state index in [0.29, 0.717) is 30.8 Å². The molecule has 2 heterocycles. The van der Waals surface area contributed by atoms with Gasteiger partial charge in [0.1, 0.15) is 5.82 Å². The van der Waals surface area contributed by atoms with Gasteiger partial charge in [0.15, 0.2) is 0 Å². The summed E-state index contributed by atoms with van der Waals surface area (Å²) < 4.78 is 0. The van der Waals surface area contributed by atoms with Gasteiger partial charge in [-0.3, -0.25) is 14.4 Å². The van der Waals surface area contributed by atoms with Crippen molar-refractivity contribution in [1.82, 2.24) is 15.3 Å². The summed E-state index contributed by atoms with van der Waals surface area (Å²) in [6.45, 7) is 0. The molecule has 0 aliphatic carbocycles. The molecule has 2 atom stereocenters. The molecule has 1 aliphatic heterocycles. The number of benzene rings is 3. The highest BCUT2D eigenvalue weighted by atomic mass is 16.2. The van der Waals surface area contributed by atoms with Crippen LogP contribution in [0.25, 0.3) is 22.0 Å². The Morgan fingerprint density at radius 3 is 2.63 bits per heavy atom. The van der Waals surface area contributed by atoms with E-state index in [4.69, 9.17) is 5.73 Å². The van der Waals surface area contributed by atoms with Gasteiger partial charge in [0.05, 0.1) is 23.9 Å². The minimum absolute atomic E-state index is 0.0919. The number of anilines is 1. The molecule has 5 N–H and O–H groups in total. The summed E-state index contributed by atoms with van der Waals surface area (Å²) >= 11 is 0. The number of carbonyl (C=O) groups is 3. The van der Waals surface area contributed by atoms with Crippen molar-refractivity contribution in [3.05, 3.63) is 84.3 Å². The molecule has 0 fully saturated rings. The Morgan fingerprint density at radius 1 is 1.00 bits per heavy atom. The lowest BCUT2D eigenvalue weighted by molar-refractivity contribution is -0.127. The lowest BCUT2D eigenvalue weighted by Gasteiger charge is -2.26. The van der Waals surface area contributed by atoms with Gasteiger partial charge in [-0.2, -0.15) is 0 Å². The number of carbonyl (C=O) groups excluding carboxylic acids is 3. The zero-order valence-corrected chi connectivity index (χ0v) is 21.1. The van der Waals surface area contributed by atoms with Gasteiger partial charge in [0.2, 0.25) is 17.7 Å². The van der Waals surface area contributed by atoms with Crippen molar-refractivity contribution in [2.45, 2.75) is 50.5 Å². The van der Waals surface area contributed by atoms with Crippen LogP contribution in [0.15, 0.2) is 72.9 Å². The second kappa shape index (κ2) is 11.3. The lowest BCUT2D eigenvalue weighted by atomic mass is 9.89. The molecule has 1 aliphatic rings.